The van der Waals surface area contributed by atoms with E-state index in [1.165, 1.54) is 16.5 Å². The number of methoxy groups -OCH3 is 1. The van der Waals surface area contributed by atoms with Crippen molar-refractivity contribution in [3.05, 3.63) is 0 Å². The Labute approximate surface area is 98.0 Å². The van der Waals surface area contributed by atoms with Gasteiger partial charge in [0.2, 0.25) is 0 Å². The lowest BCUT2D eigenvalue weighted by Gasteiger charge is -2.16. The quantitative estimate of drug-likeness (QED) is 0.821. The van der Waals surface area contributed by atoms with Crippen LogP contribution in [-0.2, 0) is 4.74 Å². The van der Waals surface area contributed by atoms with E-state index >= 15 is 0 Å². The maximum absolute atomic E-state index is 5.81. The standard InChI is InChI=1S/C9H15N3OS2/c1-13-6-3-4-12(5-6)9-7(14-2)8(10)11-15-9/h6H,3-5H2,1-2H3,(H2,10,11). The highest BCUT2D eigenvalue weighted by molar-refractivity contribution is 7.99. The van der Waals surface area contributed by atoms with Crippen LogP contribution in [0.4, 0.5) is 10.8 Å². The minimum absolute atomic E-state index is 0.350. The third-order valence-electron chi connectivity index (χ3n) is 2.63. The number of hydrogen-bond donors (Lipinski definition) is 1. The van der Waals surface area contributed by atoms with Gasteiger partial charge in [0, 0.05) is 20.2 Å². The van der Waals surface area contributed by atoms with E-state index in [9.17, 15) is 0 Å². The fourth-order valence-corrected chi connectivity index (χ4v) is 3.51. The normalized spacial score (nSPS) is 21.2. The molecule has 0 saturated carbocycles. The van der Waals surface area contributed by atoms with E-state index in [0.29, 0.717) is 11.9 Å². The maximum atomic E-state index is 5.81. The molecule has 0 bridgehead atoms. The van der Waals surface area contributed by atoms with Crippen molar-refractivity contribution >= 4 is 34.1 Å². The molecule has 0 spiro atoms. The van der Waals surface area contributed by atoms with Crippen molar-refractivity contribution in [2.45, 2.75) is 17.4 Å². The molecule has 2 heterocycles. The lowest BCUT2D eigenvalue weighted by molar-refractivity contribution is 0.121. The molecule has 1 unspecified atom stereocenters. The van der Waals surface area contributed by atoms with Gasteiger partial charge in [0.1, 0.15) is 5.00 Å². The Morgan fingerprint density at radius 3 is 3.07 bits per heavy atom. The SMILES string of the molecule is COC1CCN(c2snc(N)c2SC)C1. The summed E-state index contributed by atoms with van der Waals surface area (Å²) >= 11 is 3.15. The van der Waals surface area contributed by atoms with Crippen molar-refractivity contribution in [1.29, 1.82) is 0 Å². The van der Waals surface area contributed by atoms with Gasteiger partial charge in [-0.1, -0.05) is 0 Å². The maximum Gasteiger partial charge on any atom is 0.153 e. The Bertz CT molecular complexity index is 342. The average molecular weight is 245 g/mol. The van der Waals surface area contributed by atoms with E-state index in [0.717, 1.165) is 24.4 Å². The first kappa shape index (κ1) is 11.0. The molecule has 1 saturated heterocycles. The molecule has 2 rings (SSSR count). The molecule has 2 N–H and O–H groups in total. The predicted octanol–water partition coefficient (Wildman–Crippen LogP) is 1.67. The Balaban J connectivity index is 2.16. The van der Waals surface area contributed by atoms with Crippen LogP contribution in [0.3, 0.4) is 0 Å². The Kier molecular flexibility index (Phi) is 3.38. The van der Waals surface area contributed by atoms with Crippen LogP contribution in [0.2, 0.25) is 0 Å². The van der Waals surface area contributed by atoms with Crippen molar-refractivity contribution in [2.24, 2.45) is 0 Å². The third-order valence-corrected chi connectivity index (χ3v) is 4.49. The molecule has 1 aliphatic heterocycles. The fraction of sp³-hybridized carbons (Fsp3) is 0.667. The van der Waals surface area contributed by atoms with Crippen LogP contribution in [0.25, 0.3) is 0 Å². The molecule has 15 heavy (non-hydrogen) atoms. The number of nitrogens with zero attached hydrogens (tertiary/aromatic N) is 2. The molecule has 0 aromatic carbocycles. The first-order chi connectivity index (χ1) is 7.26. The summed E-state index contributed by atoms with van der Waals surface area (Å²) in [6, 6.07) is 0. The average Bonchev–Trinajstić information content (AvgIpc) is 2.83. The summed E-state index contributed by atoms with van der Waals surface area (Å²) in [7, 11) is 1.77. The number of thioether (sulfide) groups is 1. The summed E-state index contributed by atoms with van der Waals surface area (Å²) in [5, 5.41) is 1.19. The highest BCUT2D eigenvalue weighted by atomic mass is 32.2. The molecule has 1 aromatic heterocycles. The van der Waals surface area contributed by atoms with Crippen LogP contribution < -0.4 is 10.6 Å². The highest BCUT2D eigenvalue weighted by Crippen LogP contribution is 2.38. The molecular weight excluding hydrogens is 230 g/mol. The van der Waals surface area contributed by atoms with Crippen molar-refractivity contribution in [1.82, 2.24) is 4.37 Å². The van der Waals surface area contributed by atoms with Crippen molar-refractivity contribution in [2.75, 3.05) is 37.1 Å². The zero-order valence-corrected chi connectivity index (χ0v) is 10.5. The Hall–Kier alpha value is -0.460. The smallest absolute Gasteiger partial charge is 0.153 e. The van der Waals surface area contributed by atoms with E-state index in [1.807, 2.05) is 6.26 Å². The fourth-order valence-electron chi connectivity index (χ4n) is 1.78. The lowest BCUT2D eigenvalue weighted by atomic mass is 10.3. The molecule has 1 atom stereocenters. The topological polar surface area (TPSA) is 51.4 Å². The van der Waals surface area contributed by atoms with E-state index in [-0.39, 0.29) is 0 Å². The van der Waals surface area contributed by atoms with Gasteiger partial charge in [-0.3, -0.25) is 0 Å². The summed E-state index contributed by atoms with van der Waals surface area (Å²) in [5.41, 5.74) is 5.81. The number of hydrogen-bond acceptors (Lipinski definition) is 6. The summed E-state index contributed by atoms with van der Waals surface area (Å²) in [4.78, 5) is 3.42. The zero-order valence-electron chi connectivity index (χ0n) is 8.90. The number of aromatic nitrogens is 1. The van der Waals surface area contributed by atoms with Crippen LogP contribution in [0.15, 0.2) is 4.90 Å². The van der Waals surface area contributed by atoms with E-state index in [4.69, 9.17) is 10.5 Å². The third kappa shape index (κ3) is 2.07. The van der Waals surface area contributed by atoms with Crippen LogP contribution >= 0.6 is 23.3 Å². The van der Waals surface area contributed by atoms with Crippen LogP contribution in [0, 0.1) is 0 Å². The summed E-state index contributed by atoms with van der Waals surface area (Å²) in [5.74, 6) is 0.656. The number of ether oxygens (including phenoxy) is 1. The summed E-state index contributed by atoms with van der Waals surface area (Å²) in [6.07, 6.45) is 3.47. The van der Waals surface area contributed by atoms with Gasteiger partial charge in [0.05, 0.1) is 11.0 Å². The van der Waals surface area contributed by atoms with Crippen molar-refractivity contribution in [3.8, 4) is 0 Å². The second-order valence-corrected chi connectivity index (χ2v) is 5.07. The van der Waals surface area contributed by atoms with Gasteiger partial charge < -0.3 is 15.4 Å². The largest absolute Gasteiger partial charge is 0.382 e. The Morgan fingerprint density at radius 2 is 2.47 bits per heavy atom. The van der Waals surface area contributed by atoms with E-state index in [2.05, 4.69) is 9.27 Å². The zero-order chi connectivity index (χ0) is 10.8. The van der Waals surface area contributed by atoms with Gasteiger partial charge in [0.25, 0.3) is 0 Å². The minimum Gasteiger partial charge on any atom is -0.382 e. The first-order valence-corrected chi connectivity index (χ1v) is 6.83. The van der Waals surface area contributed by atoms with Gasteiger partial charge in [-0.2, -0.15) is 4.37 Å². The number of nitrogens with two attached hydrogens (primary N) is 1. The van der Waals surface area contributed by atoms with Gasteiger partial charge in [-0.05, 0) is 24.2 Å². The molecule has 1 aliphatic rings. The van der Waals surface area contributed by atoms with E-state index < -0.39 is 0 Å². The first-order valence-electron chi connectivity index (χ1n) is 4.83. The Morgan fingerprint density at radius 1 is 1.67 bits per heavy atom. The van der Waals surface area contributed by atoms with Crippen molar-refractivity contribution in [3.63, 3.8) is 0 Å². The monoisotopic (exact) mass is 245 g/mol. The van der Waals surface area contributed by atoms with Gasteiger partial charge in [-0.15, -0.1) is 11.8 Å². The van der Waals surface area contributed by atoms with Crippen molar-refractivity contribution < 1.29 is 4.74 Å². The second kappa shape index (κ2) is 4.59. The molecule has 0 radical (unpaired) electrons. The number of rotatable bonds is 3. The molecule has 1 aromatic rings. The molecular formula is C9H15N3OS2. The second-order valence-electron chi connectivity index (χ2n) is 3.50. The van der Waals surface area contributed by atoms with E-state index in [1.54, 1.807) is 18.9 Å². The molecule has 1 fully saturated rings. The number of anilines is 2. The van der Waals surface area contributed by atoms with Gasteiger partial charge in [-0.25, -0.2) is 0 Å². The van der Waals surface area contributed by atoms with Crippen LogP contribution in [0.1, 0.15) is 6.42 Å². The highest BCUT2D eigenvalue weighted by Gasteiger charge is 2.26. The summed E-state index contributed by atoms with van der Waals surface area (Å²) < 4.78 is 9.55. The molecule has 0 amide bonds. The lowest BCUT2D eigenvalue weighted by Crippen LogP contribution is -2.21. The van der Waals surface area contributed by atoms with Gasteiger partial charge in [0.15, 0.2) is 5.82 Å². The molecule has 84 valence electrons. The minimum atomic E-state index is 0.350. The number of nitrogen functional groups attached to an aromatic ring is 1. The van der Waals surface area contributed by atoms with Crippen LogP contribution in [-0.4, -0.2) is 36.9 Å². The molecule has 0 aliphatic carbocycles. The van der Waals surface area contributed by atoms with Gasteiger partial charge >= 0.3 is 0 Å². The predicted molar refractivity (Wildman–Crippen MR) is 65.9 cm³/mol. The summed E-state index contributed by atoms with van der Waals surface area (Å²) in [6.45, 7) is 1.99. The molecule has 4 nitrogen and oxygen atoms in total. The molecule has 6 heteroatoms. The van der Waals surface area contributed by atoms with Crippen LogP contribution in [0.5, 0.6) is 0 Å².